The number of halogens is 2. The van der Waals surface area contributed by atoms with Crippen LogP contribution in [0.5, 0.6) is 11.5 Å². The number of nitrogens with one attached hydrogen (secondary N) is 1. The van der Waals surface area contributed by atoms with Crippen LogP contribution >= 0.6 is 24.0 Å². The van der Waals surface area contributed by atoms with E-state index in [1.165, 1.54) is 30.3 Å². The number of para-hydroxylation sites is 1. The number of alkyl halides is 2. The number of anilines is 1. The Kier molecular flexibility index (Phi) is 7.05. The maximum Gasteiger partial charge on any atom is 0.387 e. The second-order valence-electron chi connectivity index (χ2n) is 6.27. The number of hydrogen-bond donors (Lipinski definition) is 3. The average Bonchev–Trinajstić information content (AvgIpc) is 2.96. The number of thiocarbonyl (C=S) groups is 1. The second-order valence-corrected chi connectivity index (χ2v) is 7.95. The number of nitrogens with zero attached hydrogens (tertiary/aromatic N) is 1. The highest BCUT2D eigenvalue weighted by atomic mass is 32.2. The molecule has 0 unspecified atom stereocenters. The van der Waals surface area contributed by atoms with Gasteiger partial charge in [-0.2, -0.15) is 8.78 Å². The van der Waals surface area contributed by atoms with E-state index in [1.54, 1.807) is 6.07 Å². The number of amides is 2. The van der Waals surface area contributed by atoms with Crippen molar-refractivity contribution in [2.75, 3.05) is 11.9 Å². The van der Waals surface area contributed by atoms with Crippen molar-refractivity contribution in [3.05, 3.63) is 58.5 Å². The molecule has 3 N–H and O–H groups in total. The maximum atomic E-state index is 12.7. The lowest BCUT2D eigenvalue weighted by atomic mass is 10.2. The number of carboxylic acid groups (broad SMARTS) is 1. The SMILES string of the molecule is O=C(CN1C(=O)/C(=C/c2ccccc2OC(F)F)SC1=S)Nc1ccc(C(=O)O)c(O)c1. The number of aromatic hydroxyl groups is 1. The molecule has 32 heavy (non-hydrogen) atoms. The third-order valence-electron chi connectivity index (χ3n) is 4.11. The van der Waals surface area contributed by atoms with Crippen LogP contribution in [0, 0.1) is 0 Å². The smallest absolute Gasteiger partial charge is 0.387 e. The second kappa shape index (κ2) is 9.75. The van der Waals surface area contributed by atoms with E-state index in [0.29, 0.717) is 0 Å². The summed E-state index contributed by atoms with van der Waals surface area (Å²) in [6.07, 6.45) is 1.34. The van der Waals surface area contributed by atoms with Crippen molar-refractivity contribution >= 4 is 57.8 Å². The molecular weight excluding hydrogens is 466 g/mol. The van der Waals surface area contributed by atoms with E-state index in [9.17, 15) is 28.3 Å². The highest BCUT2D eigenvalue weighted by molar-refractivity contribution is 8.26. The third kappa shape index (κ3) is 5.39. The van der Waals surface area contributed by atoms with Crippen molar-refractivity contribution in [1.82, 2.24) is 4.90 Å². The van der Waals surface area contributed by atoms with Gasteiger partial charge in [-0.3, -0.25) is 14.5 Å². The molecule has 2 amide bonds. The molecule has 1 fully saturated rings. The minimum Gasteiger partial charge on any atom is -0.507 e. The van der Waals surface area contributed by atoms with E-state index in [-0.39, 0.29) is 31.8 Å². The zero-order valence-corrected chi connectivity index (χ0v) is 17.6. The Morgan fingerprint density at radius 3 is 2.62 bits per heavy atom. The summed E-state index contributed by atoms with van der Waals surface area (Å²) in [7, 11) is 0. The van der Waals surface area contributed by atoms with Gasteiger partial charge in [-0.15, -0.1) is 0 Å². The van der Waals surface area contributed by atoms with Crippen LogP contribution in [0.25, 0.3) is 6.08 Å². The van der Waals surface area contributed by atoms with E-state index < -0.39 is 36.7 Å². The van der Waals surface area contributed by atoms with Crippen molar-refractivity contribution in [1.29, 1.82) is 0 Å². The summed E-state index contributed by atoms with van der Waals surface area (Å²) in [5.41, 5.74) is 0.0319. The van der Waals surface area contributed by atoms with Crippen molar-refractivity contribution in [2.45, 2.75) is 6.61 Å². The lowest BCUT2D eigenvalue weighted by Gasteiger charge is -2.14. The van der Waals surface area contributed by atoms with E-state index in [4.69, 9.17) is 17.3 Å². The Balaban J connectivity index is 1.72. The Morgan fingerprint density at radius 2 is 1.97 bits per heavy atom. The van der Waals surface area contributed by atoms with Gasteiger partial charge in [-0.1, -0.05) is 42.2 Å². The molecule has 0 atom stereocenters. The topological polar surface area (TPSA) is 116 Å². The van der Waals surface area contributed by atoms with Gasteiger partial charge in [0.05, 0.1) is 4.91 Å². The van der Waals surface area contributed by atoms with Gasteiger partial charge in [0, 0.05) is 17.3 Å². The van der Waals surface area contributed by atoms with Gasteiger partial charge in [-0.25, -0.2) is 4.79 Å². The zero-order valence-electron chi connectivity index (χ0n) is 16.0. The van der Waals surface area contributed by atoms with Gasteiger partial charge < -0.3 is 20.3 Å². The lowest BCUT2D eigenvalue weighted by molar-refractivity contribution is -0.126. The van der Waals surface area contributed by atoms with Gasteiger partial charge in [0.25, 0.3) is 5.91 Å². The molecule has 1 aliphatic rings. The van der Waals surface area contributed by atoms with Crippen molar-refractivity contribution < 1.29 is 38.1 Å². The summed E-state index contributed by atoms with van der Waals surface area (Å²) >= 11 is 6.05. The summed E-state index contributed by atoms with van der Waals surface area (Å²) in [6.45, 7) is -3.48. The van der Waals surface area contributed by atoms with Crippen molar-refractivity contribution in [3.63, 3.8) is 0 Å². The monoisotopic (exact) mass is 480 g/mol. The van der Waals surface area contributed by atoms with Gasteiger partial charge in [0.2, 0.25) is 5.91 Å². The first-order chi connectivity index (χ1) is 15.2. The molecule has 0 bridgehead atoms. The molecular formula is C20H14F2N2O6S2. The molecule has 0 radical (unpaired) electrons. The predicted molar refractivity (Wildman–Crippen MR) is 117 cm³/mol. The van der Waals surface area contributed by atoms with E-state index >= 15 is 0 Å². The molecule has 2 aromatic carbocycles. The molecule has 0 spiro atoms. The molecule has 1 aliphatic heterocycles. The summed E-state index contributed by atoms with van der Waals surface area (Å²) in [4.78, 5) is 37.1. The van der Waals surface area contributed by atoms with Crippen LogP contribution in [0.15, 0.2) is 47.4 Å². The number of ether oxygens (including phenoxy) is 1. The standard InChI is InChI=1S/C20H14F2N2O6S2/c21-19(22)30-14-4-2-1-3-10(14)7-15-17(27)24(20(31)32-15)9-16(26)23-11-5-6-12(18(28)29)13(25)8-11/h1-8,19,25H,9H2,(H,23,26)(H,28,29)/b15-7-. The Morgan fingerprint density at radius 1 is 1.25 bits per heavy atom. The number of carboxylic acids is 1. The van der Waals surface area contributed by atoms with Gasteiger partial charge >= 0.3 is 12.6 Å². The number of benzene rings is 2. The molecule has 3 rings (SSSR count). The van der Waals surface area contributed by atoms with Gasteiger partial charge in [-0.05, 0) is 24.3 Å². The molecule has 12 heteroatoms. The van der Waals surface area contributed by atoms with Crippen LogP contribution < -0.4 is 10.1 Å². The van der Waals surface area contributed by atoms with Crippen molar-refractivity contribution in [2.24, 2.45) is 0 Å². The maximum absolute atomic E-state index is 12.7. The van der Waals surface area contributed by atoms with E-state index in [0.717, 1.165) is 28.8 Å². The lowest BCUT2D eigenvalue weighted by Crippen LogP contribution is -2.36. The highest BCUT2D eigenvalue weighted by Gasteiger charge is 2.33. The normalized spacial score (nSPS) is 14.8. The fourth-order valence-electron chi connectivity index (χ4n) is 2.71. The van der Waals surface area contributed by atoms with Crippen LogP contribution in [0.2, 0.25) is 0 Å². The molecule has 166 valence electrons. The van der Waals surface area contributed by atoms with Crippen molar-refractivity contribution in [3.8, 4) is 11.5 Å². The van der Waals surface area contributed by atoms with E-state index in [1.807, 2.05) is 0 Å². The zero-order chi connectivity index (χ0) is 23.4. The van der Waals surface area contributed by atoms with Crippen LogP contribution in [-0.2, 0) is 9.59 Å². The van der Waals surface area contributed by atoms with Crippen LogP contribution in [0.3, 0.4) is 0 Å². The van der Waals surface area contributed by atoms with Crippen LogP contribution in [0.4, 0.5) is 14.5 Å². The Hall–Kier alpha value is -3.51. The quantitative estimate of drug-likeness (QED) is 0.407. The molecule has 1 heterocycles. The minimum atomic E-state index is -3.04. The number of rotatable bonds is 7. The third-order valence-corrected chi connectivity index (χ3v) is 5.49. The fourth-order valence-corrected chi connectivity index (χ4v) is 3.96. The Bertz CT molecular complexity index is 1140. The molecule has 0 saturated carbocycles. The highest BCUT2D eigenvalue weighted by Crippen LogP contribution is 2.34. The molecule has 2 aromatic rings. The molecule has 0 aromatic heterocycles. The first-order valence-electron chi connectivity index (χ1n) is 8.81. The summed E-state index contributed by atoms with van der Waals surface area (Å²) < 4.78 is 29.7. The van der Waals surface area contributed by atoms with Crippen LogP contribution in [0.1, 0.15) is 15.9 Å². The summed E-state index contributed by atoms with van der Waals surface area (Å²) in [5, 5.41) is 21.1. The summed E-state index contributed by atoms with van der Waals surface area (Å²) in [5.74, 6) is -3.22. The minimum absolute atomic E-state index is 0.0905. The number of carbonyl (C=O) groups is 3. The number of carbonyl (C=O) groups excluding carboxylic acids is 2. The molecule has 1 saturated heterocycles. The number of aromatic carboxylic acids is 1. The van der Waals surface area contributed by atoms with Gasteiger partial charge in [0.1, 0.15) is 27.9 Å². The predicted octanol–water partition coefficient (Wildman–Crippen LogP) is 3.53. The van der Waals surface area contributed by atoms with Crippen LogP contribution in [-0.4, -0.2) is 50.4 Å². The number of hydrogen-bond acceptors (Lipinski definition) is 7. The molecule has 8 nitrogen and oxygen atoms in total. The number of phenols is 1. The average molecular weight is 480 g/mol. The summed E-state index contributed by atoms with van der Waals surface area (Å²) in [6, 6.07) is 9.38. The first-order valence-corrected chi connectivity index (χ1v) is 10.0. The largest absolute Gasteiger partial charge is 0.507 e. The Labute approximate surface area is 189 Å². The van der Waals surface area contributed by atoms with E-state index in [2.05, 4.69) is 10.1 Å². The molecule has 0 aliphatic carbocycles. The fraction of sp³-hybridized carbons (Fsp3) is 0.100. The number of thioether (sulfide) groups is 1. The first kappa shape index (κ1) is 23.2. The van der Waals surface area contributed by atoms with Gasteiger partial charge in [0.15, 0.2) is 0 Å².